The second-order valence-corrected chi connectivity index (χ2v) is 12.5. The van der Waals surface area contributed by atoms with Crippen LogP contribution in [0.1, 0.15) is 68.4 Å². The Balaban J connectivity index is 1.73. The number of nitrogens with one attached hydrogen (secondary N) is 1. The SMILES string of the molecule is C=C(C)C[C@H](OC)[C@H](O)C(=O)NC(OC)[C@@H]1C[C@@H](O)C(C)(C)C(CC(O)[C@@H](C)C2Cc3c(C)c(O)cc(O)c3C(=O)O2)O1. The lowest BCUT2D eigenvalue weighted by Crippen LogP contribution is -2.59. The van der Waals surface area contributed by atoms with Gasteiger partial charge in [0.2, 0.25) is 0 Å². The predicted octanol–water partition coefficient (Wildman–Crippen LogP) is 1.85. The standard InChI is InChI=1S/C31H47NO11/c1-14(2)9-22(40-7)27(37)28(38)32-29(41-8)23-13-24(36)31(5,6)25(42-23)12-19(34)16(4)21-10-17-15(3)18(33)11-20(35)26(17)30(39)43-21/h11,16,19,21-25,27,29,33-37H,1,9-10,12-13H2,2-8H3,(H,32,38)/t16-,19?,21?,22+,23+,24-,25?,27+,29?/m1/s1. The zero-order valence-electron chi connectivity index (χ0n) is 26.0. The minimum Gasteiger partial charge on any atom is -0.508 e. The van der Waals surface area contributed by atoms with Gasteiger partial charge in [-0.1, -0.05) is 26.3 Å². The number of amides is 1. The Labute approximate surface area is 252 Å². The molecule has 12 heteroatoms. The molecule has 4 unspecified atom stereocenters. The maximum Gasteiger partial charge on any atom is 0.342 e. The average Bonchev–Trinajstić information content (AvgIpc) is 2.94. The van der Waals surface area contributed by atoms with Crippen molar-refractivity contribution in [3.8, 4) is 11.5 Å². The van der Waals surface area contributed by atoms with Gasteiger partial charge in [-0.3, -0.25) is 4.79 Å². The summed E-state index contributed by atoms with van der Waals surface area (Å²) in [6, 6.07) is 1.10. The van der Waals surface area contributed by atoms with Gasteiger partial charge in [-0.2, -0.15) is 0 Å². The molecule has 1 aromatic rings. The van der Waals surface area contributed by atoms with Gasteiger partial charge >= 0.3 is 5.97 Å². The van der Waals surface area contributed by atoms with Crippen LogP contribution in [0, 0.1) is 18.3 Å². The molecule has 0 radical (unpaired) electrons. The Morgan fingerprint density at radius 3 is 2.42 bits per heavy atom. The molecular formula is C31H47NO11. The number of esters is 1. The first kappa shape index (κ1) is 34.7. The summed E-state index contributed by atoms with van der Waals surface area (Å²) in [5.74, 6) is -2.57. The highest BCUT2D eigenvalue weighted by Crippen LogP contribution is 2.42. The molecule has 1 fully saturated rings. The summed E-state index contributed by atoms with van der Waals surface area (Å²) in [5.41, 5.74) is 0.851. The summed E-state index contributed by atoms with van der Waals surface area (Å²) in [5, 5.41) is 56.0. The molecule has 12 nitrogen and oxygen atoms in total. The summed E-state index contributed by atoms with van der Waals surface area (Å²) in [4.78, 5) is 25.6. The van der Waals surface area contributed by atoms with Crippen molar-refractivity contribution >= 4 is 11.9 Å². The fourth-order valence-corrected chi connectivity index (χ4v) is 5.80. The molecule has 1 amide bonds. The maximum atomic E-state index is 12.9. The fourth-order valence-electron chi connectivity index (χ4n) is 5.80. The van der Waals surface area contributed by atoms with Gasteiger partial charge in [0, 0.05) is 50.9 Å². The van der Waals surface area contributed by atoms with Crippen molar-refractivity contribution in [2.45, 2.75) is 109 Å². The molecule has 2 heterocycles. The molecule has 0 spiro atoms. The van der Waals surface area contributed by atoms with Gasteiger partial charge in [0.05, 0.1) is 24.4 Å². The number of carbonyl (C=O) groups is 2. The van der Waals surface area contributed by atoms with E-state index < -0.39 is 72.2 Å². The van der Waals surface area contributed by atoms with Gasteiger partial charge in [0.1, 0.15) is 29.3 Å². The van der Waals surface area contributed by atoms with Crippen LogP contribution >= 0.6 is 0 Å². The van der Waals surface area contributed by atoms with Gasteiger partial charge in [0.25, 0.3) is 5.91 Å². The van der Waals surface area contributed by atoms with E-state index in [0.29, 0.717) is 11.1 Å². The Morgan fingerprint density at radius 2 is 1.84 bits per heavy atom. The van der Waals surface area contributed by atoms with Crippen molar-refractivity contribution in [2.75, 3.05) is 14.2 Å². The molecule has 0 bridgehead atoms. The molecule has 1 aromatic carbocycles. The Kier molecular flexibility index (Phi) is 11.2. The van der Waals surface area contributed by atoms with Gasteiger partial charge in [-0.15, -0.1) is 6.58 Å². The van der Waals surface area contributed by atoms with Crippen LogP contribution in [0.4, 0.5) is 0 Å². The van der Waals surface area contributed by atoms with Crippen LogP contribution < -0.4 is 5.32 Å². The molecule has 2 aliphatic heterocycles. The zero-order valence-corrected chi connectivity index (χ0v) is 26.0. The first-order valence-electron chi connectivity index (χ1n) is 14.5. The van der Waals surface area contributed by atoms with Gasteiger partial charge in [0.15, 0.2) is 12.3 Å². The minimum atomic E-state index is -1.50. The normalized spacial score (nSPS) is 26.8. The molecule has 3 rings (SSSR count). The lowest BCUT2D eigenvalue weighted by molar-refractivity contribution is -0.217. The fraction of sp³-hybridized carbons (Fsp3) is 0.677. The number of aliphatic hydroxyl groups excluding tert-OH is 3. The largest absolute Gasteiger partial charge is 0.508 e. The Hall–Kier alpha value is -2.74. The second-order valence-electron chi connectivity index (χ2n) is 12.5. The third kappa shape index (κ3) is 7.50. The predicted molar refractivity (Wildman–Crippen MR) is 155 cm³/mol. The molecule has 43 heavy (non-hydrogen) atoms. The average molecular weight is 610 g/mol. The molecule has 0 saturated carbocycles. The number of cyclic esters (lactones) is 1. The quantitative estimate of drug-likeness (QED) is 0.115. The summed E-state index contributed by atoms with van der Waals surface area (Å²) >= 11 is 0. The van der Waals surface area contributed by atoms with Crippen molar-refractivity contribution in [3.63, 3.8) is 0 Å². The first-order chi connectivity index (χ1) is 20.0. The molecule has 1 saturated heterocycles. The van der Waals surface area contributed by atoms with Crippen molar-refractivity contribution in [2.24, 2.45) is 11.3 Å². The Bertz CT molecular complexity index is 1180. The number of aliphatic hydroxyl groups is 3. The number of fused-ring (bicyclic) bond motifs is 1. The summed E-state index contributed by atoms with van der Waals surface area (Å²) in [7, 11) is 2.76. The van der Waals surface area contributed by atoms with Gasteiger partial charge < -0.3 is 49.8 Å². The molecule has 6 N–H and O–H groups in total. The van der Waals surface area contributed by atoms with E-state index in [2.05, 4.69) is 11.9 Å². The third-order valence-electron chi connectivity index (χ3n) is 9.02. The van der Waals surface area contributed by atoms with E-state index >= 15 is 0 Å². The number of hydrogen-bond donors (Lipinski definition) is 6. The summed E-state index contributed by atoms with van der Waals surface area (Å²) in [6.07, 6.45) is -6.89. The van der Waals surface area contributed by atoms with Crippen LogP contribution in [0.2, 0.25) is 0 Å². The molecule has 0 aromatic heterocycles. The third-order valence-corrected chi connectivity index (χ3v) is 9.02. The van der Waals surface area contributed by atoms with Gasteiger partial charge in [-0.25, -0.2) is 4.79 Å². The molecule has 242 valence electrons. The monoisotopic (exact) mass is 609 g/mol. The highest BCUT2D eigenvalue weighted by atomic mass is 16.6. The van der Waals surface area contributed by atoms with E-state index in [9.17, 15) is 35.1 Å². The number of methoxy groups -OCH3 is 2. The van der Waals surface area contributed by atoms with E-state index in [4.69, 9.17) is 18.9 Å². The van der Waals surface area contributed by atoms with Crippen molar-refractivity contribution in [1.82, 2.24) is 5.32 Å². The highest BCUT2D eigenvalue weighted by Gasteiger charge is 2.48. The van der Waals surface area contributed by atoms with Crippen molar-refractivity contribution in [3.05, 3.63) is 34.9 Å². The number of aromatic hydroxyl groups is 2. The number of ether oxygens (including phenoxy) is 4. The van der Waals surface area contributed by atoms with E-state index in [-0.39, 0.29) is 42.7 Å². The lowest BCUT2D eigenvalue weighted by atomic mass is 9.73. The summed E-state index contributed by atoms with van der Waals surface area (Å²) < 4.78 is 22.7. The van der Waals surface area contributed by atoms with Crippen LogP contribution in [0.5, 0.6) is 11.5 Å². The lowest BCUT2D eigenvalue weighted by Gasteiger charge is -2.48. The Morgan fingerprint density at radius 1 is 1.19 bits per heavy atom. The smallest absolute Gasteiger partial charge is 0.342 e. The van der Waals surface area contributed by atoms with E-state index in [1.54, 1.807) is 20.8 Å². The van der Waals surface area contributed by atoms with Crippen LogP contribution in [-0.4, -0.2) is 101 Å². The zero-order chi connectivity index (χ0) is 32.4. The number of phenols is 2. The van der Waals surface area contributed by atoms with Crippen molar-refractivity contribution < 1.29 is 54.1 Å². The number of rotatable bonds is 12. The van der Waals surface area contributed by atoms with E-state index in [1.807, 2.05) is 13.8 Å². The minimum absolute atomic E-state index is 0.00479. The number of carbonyl (C=O) groups excluding carboxylic acids is 2. The topological polar surface area (TPSA) is 184 Å². The van der Waals surface area contributed by atoms with Crippen LogP contribution in [-0.2, 0) is 30.2 Å². The maximum absolute atomic E-state index is 12.9. The van der Waals surface area contributed by atoms with Crippen LogP contribution in [0.15, 0.2) is 18.2 Å². The number of benzene rings is 1. The van der Waals surface area contributed by atoms with Gasteiger partial charge in [-0.05, 0) is 31.4 Å². The van der Waals surface area contributed by atoms with Crippen LogP contribution in [0.3, 0.4) is 0 Å². The second kappa shape index (κ2) is 13.9. The first-order valence-corrected chi connectivity index (χ1v) is 14.5. The number of hydrogen-bond acceptors (Lipinski definition) is 11. The summed E-state index contributed by atoms with van der Waals surface area (Å²) in [6.45, 7) is 12.6. The molecule has 2 aliphatic rings. The van der Waals surface area contributed by atoms with Crippen LogP contribution in [0.25, 0.3) is 0 Å². The molecular weight excluding hydrogens is 562 g/mol. The number of phenolic OH excluding ortho intramolecular Hbond substituents is 2. The highest BCUT2D eigenvalue weighted by molar-refractivity contribution is 5.96. The van der Waals surface area contributed by atoms with E-state index in [0.717, 1.165) is 11.6 Å². The molecule has 0 aliphatic carbocycles. The van der Waals surface area contributed by atoms with E-state index in [1.165, 1.54) is 14.2 Å². The molecule has 9 atom stereocenters. The van der Waals surface area contributed by atoms with Crippen molar-refractivity contribution in [1.29, 1.82) is 0 Å².